The van der Waals surface area contributed by atoms with Gasteiger partial charge in [0.25, 0.3) is 0 Å². The molecule has 1 aliphatic rings. The second kappa shape index (κ2) is 7.64. The molecule has 1 aromatic carbocycles. The topological polar surface area (TPSA) is 81.4 Å². The van der Waals surface area contributed by atoms with E-state index in [1.807, 2.05) is 6.92 Å². The van der Waals surface area contributed by atoms with E-state index >= 15 is 0 Å². The molecular weight excluding hydrogens is 324 g/mol. The molecule has 3 N–H and O–H groups in total. The zero-order valence-electron chi connectivity index (χ0n) is 12.7. The lowest BCUT2D eigenvalue weighted by molar-refractivity contribution is 0.177. The van der Waals surface area contributed by atoms with Crippen molar-refractivity contribution in [2.75, 3.05) is 13.2 Å². The minimum atomic E-state index is -3.66. The smallest absolute Gasteiger partial charge is 0.244 e. The number of benzene rings is 1. The highest BCUT2D eigenvalue weighted by Gasteiger charge is 2.23. The number of halogens is 1. The fourth-order valence-electron chi connectivity index (χ4n) is 2.18. The van der Waals surface area contributed by atoms with Crippen LogP contribution in [0.15, 0.2) is 23.1 Å². The molecule has 2 rings (SSSR count). The zero-order valence-corrected chi connectivity index (χ0v) is 14.3. The van der Waals surface area contributed by atoms with Gasteiger partial charge in [0, 0.05) is 17.6 Å². The standard InChI is InChI=1S/C15H23ClN2O3S/c1-11(17)7-8-18-22(19,20)15-9-13(16)5-6-14(15)21-10-12-3-2-4-12/h5-6,9,11-12,18H,2-4,7-8,10,17H2,1H3. The van der Waals surface area contributed by atoms with Crippen molar-refractivity contribution in [1.82, 2.24) is 4.72 Å². The molecule has 5 nitrogen and oxygen atoms in total. The van der Waals surface area contributed by atoms with Crippen LogP contribution in [0, 0.1) is 5.92 Å². The third-order valence-corrected chi connectivity index (χ3v) is 5.50. The van der Waals surface area contributed by atoms with E-state index in [1.54, 1.807) is 12.1 Å². The van der Waals surface area contributed by atoms with Gasteiger partial charge in [0.05, 0.1) is 6.61 Å². The van der Waals surface area contributed by atoms with E-state index in [4.69, 9.17) is 22.1 Å². The summed E-state index contributed by atoms with van der Waals surface area (Å²) in [6.45, 7) is 2.67. The predicted octanol–water partition coefficient (Wildman–Crippen LogP) is 2.53. The molecule has 0 aromatic heterocycles. The van der Waals surface area contributed by atoms with Crippen LogP contribution in [0.4, 0.5) is 0 Å². The Balaban J connectivity index is 2.10. The highest BCUT2D eigenvalue weighted by atomic mass is 35.5. The van der Waals surface area contributed by atoms with Crippen LogP contribution in [-0.2, 0) is 10.0 Å². The van der Waals surface area contributed by atoms with E-state index in [9.17, 15) is 8.42 Å². The molecule has 124 valence electrons. The lowest BCUT2D eigenvalue weighted by Gasteiger charge is -2.25. The Morgan fingerprint density at radius 2 is 2.18 bits per heavy atom. The van der Waals surface area contributed by atoms with Gasteiger partial charge in [0.2, 0.25) is 10.0 Å². The van der Waals surface area contributed by atoms with Gasteiger partial charge in [-0.2, -0.15) is 0 Å². The van der Waals surface area contributed by atoms with Crippen LogP contribution < -0.4 is 15.2 Å². The SMILES string of the molecule is CC(N)CCNS(=O)(=O)c1cc(Cl)ccc1OCC1CCC1. The van der Waals surface area contributed by atoms with Gasteiger partial charge >= 0.3 is 0 Å². The first-order valence-corrected chi connectivity index (χ1v) is 9.42. The van der Waals surface area contributed by atoms with Gasteiger partial charge in [-0.3, -0.25) is 0 Å². The molecule has 1 aliphatic carbocycles. The van der Waals surface area contributed by atoms with Gasteiger partial charge in [-0.15, -0.1) is 0 Å². The molecule has 1 saturated carbocycles. The monoisotopic (exact) mass is 346 g/mol. The molecule has 7 heteroatoms. The molecule has 0 spiro atoms. The van der Waals surface area contributed by atoms with Gasteiger partial charge < -0.3 is 10.5 Å². The van der Waals surface area contributed by atoms with E-state index in [2.05, 4.69) is 4.72 Å². The van der Waals surface area contributed by atoms with Gasteiger partial charge in [-0.25, -0.2) is 13.1 Å². The van der Waals surface area contributed by atoms with Crippen molar-refractivity contribution in [1.29, 1.82) is 0 Å². The maximum Gasteiger partial charge on any atom is 0.244 e. The van der Waals surface area contributed by atoms with Gasteiger partial charge in [-0.1, -0.05) is 18.0 Å². The molecule has 0 saturated heterocycles. The molecule has 1 unspecified atom stereocenters. The Kier molecular flexibility index (Phi) is 6.09. The summed E-state index contributed by atoms with van der Waals surface area (Å²) in [5.74, 6) is 0.877. The summed E-state index contributed by atoms with van der Waals surface area (Å²) in [4.78, 5) is 0.0870. The van der Waals surface area contributed by atoms with Gasteiger partial charge in [0.1, 0.15) is 10.6 Å². The van der Waals surface area contributed by atoms with Gasteiger partial charge in [0.15, 0.2) is 0 Å². The largest absolute Gasteiger partial charge is 0.492 e. The number of hydrogen-bond donors (Lipinski definition) is 2. The summed E-state index contributed by atoms with van der Waals surface area (Å²) in [6, 6.07) is 4.61. The minimum Gasteiger partial charge on any atom is -0.492 e. The molecule has 1 atom stereocenters. The molecule has 0 bridgehead atoms. The number of sulfonamides is 1. The maximum atomic E-state index is 12.4. The van der Waals surface area contributed by atoms with E-state index in [0.29, 0.717) is 29.7 Å². The van der Waals surface area contributed by atoms with Gasteiger partial charge in [-0.05, 0) is 50.3 Å². The third kappa shape index (κ3) is 4.84. The van der Waals surface area contributed by atoms with Crippen LogP contribution in [0.3, 0.4) is 0 Å². The van der Waals surface area contributed by atoms with E-state index in [0.717, 1.165) is 12.8 Å². The molecule has 1 fully saturated rings. The average Bonchev–Trinajstić information content (AvgIpc) is 2.37. The van der Waals surface area contributed by atoms with Crippen molar-refractivity contribution in [2.24, 2.45) is 11.7 Å². The highest BCUT2D eigenvalue weighted by molar-refractivity contribution is 7.89. The van der Waals surface area contributed by atoms with Crippen molar-refractivity contribution < 1.29 is 13.2 Å². The first kappa shape index (κ1) is 17.5. The van der Waals surface area contributed by atoms with Crippen molar-refractivity contribution in [3.05, 3.63) is 23.2 Å². The summed E-state index contributed by atoms with van der Waals surface area (Å²) in [5, 5.41) is 0.364. The summed E-state index contributed by atoms with van der Waals surface area (Å²) >= 11 is 5.94. The van der Waals surface area contributed by atoms with Crippen molar-refractivity contribution in [3.8, 4) is 5.75 Å². The lowest BCUT2D eigenvalue weighted by Crippen LogP contribution is -2.29. The Bertz CT molecular complexity index is 601. The molecule has 1 aromatic rings. The normalized spacial score (nSPS) is 17.0. The number of nitrogens with one attached hydrogen (secondary N) is 1. The quantitative estimate of drug-likeness (QED) is 0.757. The second-order valence-electron chi connectivity index (χ2n) is 5.86. The van der Waals surface area contributed by atoms with Crippen LogP contribution >= 0.6 is 11.6 Å². The summed E-state index contributed by atoms with van der Waals surface area (Å²) in [5.41, 5.74) is 5.64. The Labute approximate surface area is 137 Å². The molecule has 0 heterocycles. The summed E-state index contributed by atoms with van der Waals surface area (Å²) < 4.78 is 33.1. The molecule has 0 amide bonds. The number of ether oxygens (including phenoxy) is 1. The first-order valence-electron chi connectivity index (χ1n) is 7.56. The number of nitrogens with two attached hydrogens (primary N) is 1. The minimum absolute atomic E-state index is 0.0589. The summed E-state index contributed by atoms with van der Waals surface area (Å²) in [7, 11) is -3.66. The number of rotatable bonds is 8. The third-order valence-electron chi connectivity index (χ3n) is 3.79. The van der Waals surface area contributed by atoms with E-state index < -0.39 is 10.0 Å². The molecule has 0 aliphatic heterocycles. The average molecular weight is 347 g/mol. The zero-order chi connectivity index (χ0) is 16.2. The molecule has 22 heavy (non-hydrogen) atoms. The maximum absolute atomic E-state index is 12.4. The van der Waals surface area contributed by atoms with Crippen LogP contribution in [0.5, 0.6) is 5.75 Å². The number of hydrogen-bond acceptors (Lipinski definition) is 4. The molecular formula is C15H23ClN2O3S. The predicted molar refractivity (Wildman–Crippen MR) is 87.7 cm³/mol. The van der Waals surface area contributed by atoms with E-state index in [-0.39, 0.29) is 17.5 Å². The second-order valence-corrected chi connectivity index (χ2v) is 8.03. The van der Waals surface area contributed by atoms with Crippen LogP contribution in [0.2, 0.25) is 5.02 Å². The van der Waals surface area contributed by atoms with Crippen LogP contribution in [0.1, 0.15) is 32.6 Å². The molecule has 0 radical (unpaired) electrons. The highest BCUT2D eigenvalue weighted by Crippen LogP contribution is 2.31. The van der Waals surface area contributed by atoms with Crippen molar-refractivity contribution >= 4 is 21.6 Å². The Morgan fingerprint density at radius 1 is 1.45 bits per heavy atom. The first-order chi connectivity index (χ1) is 10.4. The Morgan fingerprint density at radius 3 is 2.77 bits per heavy atom. The van der Waals surface area contributed by atoms with Crippen LogP contribution in [0.25, 0.3) is 0 Å². The van der Waals surface area contributed by atoms with Crippen LogP contribution in [-0.4, -0.2) is 27.6 Å². The van der Waals surface area contributed by atoms with E-state index in [1.165, 1.54) is 12.5 Å². The fourth-order valence-corrected chi connectivity index (χ4v) is 3.63. The summed E-state index contributed by atoms with van der Waals surface area (Å²) in [6.07, 6.45) is 4.07. The fraction of sp³-hybridized carbons (Fsp3) is 0.600. The van der Waals surface area contributed by atoms with Crippen molar-refractivity contribution in [2.45, 2.75) is 43.5 Å². The van der Waals surface area contributed by atoms with Crippen molar-refractivity contribution in [3.63, 3.8) is 0 Å². The lowest BCUT2D eigenvalue weighted by atomic mass is 9.86. The Hall–Kier alpha value is -0.820.